The SMILES string of the molecule is Nc1nc(C(=NO)C(=O)NC2C(=O)N3C(C(=O)O)=C(C=CSc4cc(=O)c5ccc(Cl)cc5s4)CS[C@H]23)cs1. The third-order valence-corrected chi connectivity index (χ3v) is 9.94. The molecule has 2 amide bonds. The number of thioether (sulfide) groups is 2. The summed E-state index contributed by atoms with van der Waals surface area (Å²) in [6.07, 6.45) is 1.60. The van der Waals surface area contributed by atoms with Crippen LogP contribution in [-0.2, 0) is 14.4 Å². The van der Waals surface area contributed by atoms with Crippen LogP contribution >= 0.6 is 57.8 Å². The monoisotopic (exact) mass is 621 g/mol. The lowest BCUT2D eigenvalue weighted by atomic mass is 10.0. The molecular formula is C23H16ClN5O6S4. The number of β-lactam (4-membered cyclic amide) rings is 1. The third-order valence-electron chi connectivity index (χ3n) is 5.69. The summed E-state index contributed by atoms with van der Waals surface area (Å²) in [5.74, 6) is -2.49. The predicted molar refractivity (Wildman–Crippen MR) is 153 cm³/mol. The Morgan fingerprint density at radius 3 is 2.79 bits per heavy atom. The van der Waals surface area contributed by atoms with E-state index in [1.807, 2.05) is 0 Å². The summed E-state index contributed by atoms with van der Waals surface area (Å²) in [6.45, 7) is 0. The summed E-state index contributed by atoms with van der Waals surface area (Å²) < 4.78 is 1.43. The summed E-state index contributed by atoms with van der Waals surface area (Å²) in [5, 5.41) is 28.3. The average Bonchev–Trinajstić information content (AvgIpc) is 3.32. The number of hydrogen-bond donors (Lipinski definition) is 4. The number of thiazole rings is 1. The minimum atomic E-state index is -1.29. The van der Waals surface area contributed by atoms with Gasteiger partial charge in [0.05, 0.1) is 4.21 Å². The van der Waals surface area contributed by atoms with Crippen LogP contribution in [0.2, 0.25) is 5.02 Å². The molecule has 16 heteroatoms. The molecule has 2 atom stereocenters. The van der Waals surface area contributed by atoms with Crippen molar-refractivity contribution in [2.45, 2.75) is 15.6 Å². The van der Waals surface area contributed by atoms with E-state index in [4.69, 9.17) is 17.3 Å². The van der Waals surface area contributed by atoms with Crippen molar-refractivity contribution >= 4 is 96.5 Å². The number of nitrogen functional groups attached to an aromatic ring is 1. The first-order chi connectivity index (χ1) is 18.7. The van der Waals surface area contributed by atoms with Crippen LogP contribution in [0.4, 0.5) is 5.13 Å². The van der Waals surface area contributed by atoms with Crippen molar-refractivity contribution < 1.29 is 24.7 Å². The van der Waals surface area contributed by atoms with Gasteiger partial charge in [-0.2, -0.15) is 0 Å². The number of amides is 2. The molecular weight excluding hydrogens is 606 g/mol. The van der Waals surface area contributed by atoms with Gasteiger partial charge in [0.1, 0.15) is 22.8 Å². The number of allylic oxidation sites excluding steroid dienone is 1. The molecule has 4 heterocycles. The summed E-state index contributed by atoms with van der Waals surface area (Å²) in [5.41, 5.74) is 5.27. The molecule has 1 saturated heterocycles. The third kappa shape index (κ3) is 5.27. The van der Waals surface area contributed by atoms with Crippen LogP contribution in [0.1, 0.15) is 5.69 Å². The van der Waals surface area contributed by atoms with Gasteiger partial charge in [-0.15, -0.1) is 34.4 Å². The Labute approximate surface area is 241 Å². The zero-order valence-corrected chi connectivity index (χ0v) is 23.4. The first-order valence-electron chi connectivity index (χ1n) is 10.9. The highest BCUT2D eigenvalue weighted by atomic mass is 35.5. The Balaban J connectivity index is 1.32. The smallest absolute Gasteiger partial charge is 0.352 e. The maximum Gasteiger partial charge on any atom is 0.352 e. The highest BCUT2D eigenvalue weighted by Crippen LogP contribution is 2.41. The summed E-state index contributed by atoms with van der Waals surface area (Å²) >= 11 is 11.0. The summed E-state index contributed by atoms with van der Waals surface area (Å²) in [7, 11) is 0. The van der Waals surface area contributed by atoms with E-state index in [9.17, 15) is 29.5 Å². The van der Waals surface area contributed by atoms with Crippen LogP contribution in [0.15, 0.2) is 66.6 Å². The van der Waals surface area contributed by atoms with E-state index >= 15 is 0 Å². The molecule has 0 spiro atoms. The van der Waals surface area contributed by atoms with Gasteiger partial charge in [-0.3, -0.25) is 19.3 Å². The van der Waals surface area contributed by atoms with E-state index in [0.717, 1.165) is 20.9 Å². The van der Waals surface area contributed by atoms with Crippen molar-refractivity contribution in [3.8, 4) is 0 Å². The highest BCUT2D eigenvalue weighted by molar-refractivity contribution is 8.04. The molecule has 5 rings (SSSR count). The molecule has 0 saturated carbocycles. The number of carbonyl (C=O) groups excluding carboxylic acids is 2. The topological polar surface area (TPSA) is 175 Å². The van der Waals surface area contributed by atoms with Gasteiger partial charge in [-0.1, -0.05) is 28.5 Å². The number of nitrogens with two attached hydrogens (primary N) is 1. The van der Waals surface area contributed by atoms with Gasteiger partial charge in [0, 0.05) is 32.3 Å². The molecule has 200 valence electrons. The Morgan fingerprint density at radius 2 is 2.10 bits per heavy atom. The number of aliphatic carboxylic acids is 1. The molecule has 2 aliphatic rings. The fourth-order valence-corrected chi connectivity index (χ4v) is 8.06. The van der Waals surface area contributed by atoms with Crippen molar-refractivity contribution in [1.29, 1.82) is 0 Å². The second-order valence-electron chi connectivity index (χ2n) is 8.05. The number of halogens is 1. The van der Waals surface area contributed by atoms with Crippen molar-refractivity contribution in [3.63, 3.8) is 0 Å². The van der Waals surface area contributed by atoms with Gasteiger partial charge < -0.3 is 21.4 Å². The van der Waals surface area contributed by atoms with Crippen molar-refractivity contribution in [2.24, 2.45) is 5.16 Å². The number of oxime groups is 1. The molecule has 11 nitrogen and oxygen atoms in total. The number of carbonyl (C=O) groups is 3. The molecule has 39 heavy (non-hydrogen) atoms. The predicted octanol–water partition coefficient (Wildman–Crippen LogP) is 3.18. The Kier molecular flexibility index (Phi) is 7.68. The van der Waals surface area contributed by atoms with Gasteiger partial charge in [0.25, 0.3) is 11.8 Å². The number of anilines is 1. The Bertz CT molecular complexity index is 1680. The number of hydrogen-bond acceptors (Lipinski definition) is 12. The van der Waals surface area contributed by atoms with E-state index in [1.54, 1.807) is 29.7 Å². The first-order valence-corrected chi connectivity index (χ1v) is 14.9. The zero-order valence-electron chi connectivity index (χ0n) is 19.4. The minimum absolute atomic E-state index is 0.0491. The van der Waals surface area contributed by atoms with Crippen molar-refractivity contribution in [1.82, 2.24) is 15.2 Å². The number of nitrogens with zero attached hydrogens (tertiary/aromatic N) is 3. The molecule has 1 unspecified atom stereocenters. The molecule has 2 aromatic heterocycles. The molecule has 0 aliphatic carbocycles. The van der Waals surface area contributed by atoms with Crippen LogP contribution in [0.25, 0.3) is 10.1 Å². The molecule has 2 aliphatic heterocycles. The fourth-order valence-electron chi connectivity index (χ4n) is 3.94. The number of aromatic nitrogens is 1. The van der Waals surface area contributed by atoms with Crippen LogP contribution in [0.3, 0.4) is 0 Å². The van der Waals surface area contributed by atoms with Gasteiger partial charge in [0.15, 0.2) is 16.3 Å². The van der Waals surface area contributed by atoms with Gasteiger partial charge in [-0.05, 0) is 35.3 Å². The van der Waals surface area contributed by atoms with Crippen LogP contribution in [-0.4, -0.2) is 60.9 Å². The fraction of sp³-hybridized carbons (Fsp3) is 0.130. The number of carboxylic acids is 1. The van der Waals surface area contributed by atoms with Gasteiger partial charge >= 0.3 is 5.97 Å². The number of nitrogens with one attached hydrogen (secondary N) is 1. The number of fused-ring (bicyclic) bond motifs is 2. The van der Waals surface area contributed by atoms with E-state index in [0.29, 0.717) is 20.2 Å². The van der Waals surface area contributed by atoms with Gasteiger partial charge in [0.2, 0.25) is 0 Å². The van der Waals surface area contributed by atoms with Crippen LogP contribution in [0, 0.1) is 0 Å². The maximum absolute atomic E-state index is 12.9. The summed E-state index contributed by atoms with van der Waals surface area (Å²) in [4.78, 5) is 55.1. The molecule has 3 aromatic rings. The standard InChI is InChI=1S/C23H16ClN5O6S4/c24-10-1-2-11-13(30)6-15(39-14(11)5-10)36-4-3-9-7-37-21-17(20(32)29(21)18(9)22(33)34)27-19(31)16(28-35)12-8-38-23(25)26-12/h1-6,8,17,21,35H,7H2,(H2,25,26)(H,27,31)(H,33,34)/t17?,21-/m1/s1. The summed E-state index contributed by atoms with van der Waals surface area (Å²) in [6, 6.07) is 5.52. The molecule has 0 bridgehead atoms. The van der Waals surface area contributed by atoms with Gasteiger partial charge in [-0.25, -0.2) is 9.78 Å². The highest BCUT2D eigenvalue weighted by Gasteiger charge is 2.54. The number of carboxylic acid groups (broad SMARTS) is 1. The first kappa shape index (κ1) is 27.2. The Hall–Kier alpha value is -3.37. The normalized spacial score (nSPS) is 19.4. The molecule has 1 aromatic carbocycles. The van der Waals surface area contributed by atoms with Crippen LogP contribution < -0.4 is 16.5 Å². The quantitative estimate of drug-likeness (QED) is 0.101. The van der Waals surface area contributed by atoms with Crippen molar-refractivity contribution in [3.05, 3.63) is 73.3 Å². The van der Waals surface area contributed by atoms with E-state index < -0.39 is 34.9 Å². The Morgan fingerprint density at radius 1 is 1.31 bits per heavy atom. The number of rotatable bonds is 7. The van der Waals surface area contributed by atoms with Crippen LogP contribution in [0.5, 0.6) is 0 Å². The van der Waals surface area contributed by atoms with E-state index in [1.165, 1.54) is 46.3 Å². The van der Waals surface area contributed by atoms with Crippen molar-refractivity contribution in [2.75, 3.05) is 11.5 Å². The molecule has 5 N–H and O–H groups in total. The van der Waals surface area contributed by atoms with E-state index in [-0.39, 0.29) is 27.7 Å². The average molecular weight is 622 g/mol. The zero-order chi connectivity index (χ0) is 27.8. The minimum Gasteiger partial charge on any atom is -0.477 e. The lowest BCUT2D eigenvalue weighted by molar-refractivity contribution is -0.150. The second kappa shape index (κ2) is 11.0. The number of benzene rings is 1. The second-order valence-corrected chi connectivity index (χ2v) is 12.8. The maximum atomic E-state index is 12.9. The van der Waals surface area contributed by atoms with E-state index in [2.05, 4.69) is 15.5 Å². The molecule has 0 radical (unpaired) electrons. The lowest BCUT2D eigenvalue weighted by Gasteiger charge is -2.49. The lowest BCUT2D eigenvalue weighted by Crippen LogP contribution is -2.71. The largest absolute Gasteiger partial charge is 0.477 e. The molecule has 1 fully saturated rings.